The fourth-order valence-corrected chi connectivity index (χ4v) is 4.68. The van der Waals surface area contributed by atoms with Crippen LogP contribution in [0.4, 0.5) is 0 Å². The highest BCUT2D eigenvalue weighted by atomic mass is 16.2. The molecule has 4 rings (SSSR count). The zero-order chi connectivity index (χ0) is 19.0. The monoisotopic (exact) mass is 370 g/mol. The van der Waals surface area contributed by atoms with Crippen LogP contribution in [0.5, 0.6) is 0 Å². The van der Waals surface area contributed by atoms with Gasteiger partial charge in [-0.05, 0) is 31.7 Å². The Kier molecular flexibility index (Phi) is 4.80. The van der Waals surface area contributed by atoms with E-state index in [0.717, 1.165) is 52.0 Å². The van der Waals surface area contributed by atoms with Gasteiger partial charge >= 0.3 is 0 Å². The first-order chi connectivity index (χ1) is 13.0. The molecule has 0 radical (unpaired) electrons. The Morgan fingerprint density at radius 1 is 1.30 bits per heavy atom. The lowest BCUT2D eigenvalue weighted by Gasteiger charge is -2.51. The summed E-state index contributed by atoms with van der Waals surface area (Å²) < 4.78 is 1.81. The van der Waals surface area contributed by atoms with Crippen molar-refractivity contribution in [1.82, 2.24) is 29.5 Å². The number of imidazole rings is 1. The molecule has 2 aromatic rings. The molecule has 0 bridgehead atoms. The molecule has 2 aromatic heterocycles. The van der Waals surface area contributed by atoms with Crippen LogP contribution >= 0.6 is 0 Å². The van der Waals surface area contributed by atoms with Gasteiger partial charge in [-0.3, -0.25) is 14.4 Å². The summed E-state index contributed by atoms with van der Waals surface area (Å²) in [5.74, 6) is 0.658. The number of hydrogen-bond acceptors (Lipinski definition) is 4. The lowest BCUT2D eigenvalue weighted by Crippen LogP contribution is -2.57. The van der Waals surface area contributed by atoms with Gasteiger partial charge in [0.1, 0.15) is 5.69 Å². The predicted octanol–water partition coefficient (Wildman–Crippen LogP) is 2.27. The van der Waals surface area contributed by atoms with E-state index in [1.54, 1.807) is 4.68 Å². The van der Waals surface area contributed by atoms with Crippen LogP contribution in [0.15, 0.2) is 18.6 Å². The van der Waals surface area contributed by atoms with Gasteiger partial charge in [-0.15, -0.1) is 0 Å². The molecule has 1 N–H and O–H groups in total. The van der Waals surface area contributed by atoms with Gasteiger partial charge in [0.05, 0.1) is 17.6 Å². The Morgan fingerprint density at radius 3 is 2.74 bits per heavy atom. The van der Waals surface area contributed by atoms with E-state index in [0.29, 0.717) is 11.6 Å². The molecule has 0 atom stereocenters. The van der Waals surface area contributed by atoms with Crippen LogP contribution in [-0.2, 0) is 18.5 Å². The molecule has 0 saturated carbocycles. The summed E-state index contributed by atoms with van der Waals surface area (Å²) in [5, 5.41) is 4.39. The fourth-order valence-electron chi connectivity index (χ4n) is 4.68. The molecular formula is C20H30N6O. The number of aryl methyl sites for hydroxylation is 1. The first-order valence-corrected chi connectivity index (χ1v) is 10.1. The Bertz CT molecular complexity index is 799. The molecule has 1 saturated heterocycles. The van der Waals surface area contributed by atoms with Crippen molar-refractivity contribution in [2.45, 2.75) is 52.1 Å². The number of nitrogens with one attached hydrogen (secondary N) is 1. The molecule has 2 aliphatic heterocycles. The summed E-state index contributed by atoms with van der Waals surface area (Å²) in [6, 6.07) is 1.83. The van der Waals surface area contributed by atoms with Crippen LogP contribution in [0.2, 0.25) is 0 Å². The maximum Gasteiger partial charge on any atom is 0.274 e. The largest absolute Gasteiger partial charge is 0.348 e. The normalized spacial score (nSPS) is 19.6. The molecule has 1 spiro atoms. The Morgan fingerprint density at radius 2 is 2.07 bits per heavy atom. The molecule has 0 aromatic carbocycles. The standard InChI is InChI=1S/C20H30N6O/c1-4-26-10-6-17(23-26)19(27)24-11-7-20(8-12-24)18-16(21-14-22-18)5-9-25(20)13-15(2)3/h6,10,14-15H,4-5,7-9,11-13H2,1-3H3,(H,21,22). The molecule has 0 unspecified atom stereocenters. The van der Waals surface area contributed by atoms with Gasteiger partial charge in [0.2, 0.25) is 0 Å². The smallest absolute Gasteiger partial charge is 0.274 e. The van der Waals surface area contributed by atoms with E-state index >= 15 is 0 Å². The number of fused-ring (bicyclic) bond motifs is 2. The lowest BCUT2D eigenvalue weighted by atomic mass is 9.78. The van der Waals surface area contributed by atoms with E-state index < -0.39 is 0 Å². The van der Waals surface area contributed by atoms with Crippen LogP contribution in [0.25, 0.3) is 0 Å². The molecule has 1 amide bonds. The minimum Gasteiger partial charge on any atom is -0.348 e. The molecule has 7 heteroatoms. The second kappa shape index (κ2) is 7.11. The van der Waals surface area contributed by atoms with E-state index in [4.69, 9.17) is 4.98 Å². The van der Waals surface area contributed by atoms with Gasteiger partial charge in [-0.25, -0.2) is 4.98 Å². The molecule has 7 nitrogen and oxygen atoms in total. The topological polar surface area (TPSA) is 70.1 Å². The Balaban J connectivity index is 1.54. The van der Waals surface area contributed by atoms with Crippen molar-refractivity contribution in [3.05, 3.63) is 35.7 Å². The number of nitrogens with zero attached hydrogens (tertiary/aromatic N) is 5. The number of carbonyl (C=O) groups excluding carboxylic acids is 1. The molecule has 2 aliphatic rings. The molecule has 1 fully saturated rings. The quantitative estimate of drug-likeness (QED) is 0.896. The summed E-state index contributed by atoms with van der Waals surface area (Å²) in [5.41, 5.74) is 2.99. The highest BCUT2D eigenvalue weighted by Crippen LogP contribution is 2.42. The minimum atomic E-state index is -0.0442. The van der Waals surface area contributed by atoms with Crippen molar-refractivity contribution >= 4 is 5.91 Å². The third-order valence-corrected chi connectivity index (χ3v) is 6.04. The van der Waals surface area contributed by atoms with Gasteiger partial charge in [0.25, 0.3) is 5.91 Å². The predicted molar refractivity (Wildman–Crippen MR) is 103 cm³/mol. The second-order valence-electron chi connectivity index (χ2n) is 8.20. The number of likely N-dealkylation sites (tertiary alicyclic amines) is 1. The maximum absolute atomic E-state index is 12.9. The van der Waals surface area contributed by atoms with E-state index in [1.165, 1.54) is 11.4 Å². The summed E-state index contributed by atoms with van der Waals surface area (Å²) in [6.07, 6.45) is 6.59. The Labute approximate surface area is 160 Å². The third-order valence-electron chi connectivity index (χ3n) is 6.04. The number of H-pyrrole nitrogens is 1. The van der Waals surface area contributed by atoms with Crippen LogP contribution < -0.4 is 0 Å². The van der Waals surface area contributed by atoms with Gasteiger partial charge in [-0.2, -0.15) is 5.10 Å². The first-order valence-electron chi connectivity index (χ1n) is 10.1. The van der Waals surface area contributed by atoms with Crippen LogP contribution in [0.1, 0.15) is 55.5 Å². The van der Waals surface area contributed by atoms with Gasteiger partial charge in [-0.1, -0.05) is 13.8 Å². The van der Waals surface area contributed by atoms with Gasteiger partial charge in [0.15, 0.2) is 0 Å². The highest BCUT2D eigenvalue weighted by molar-refractivity contribution is 5.92. The molecule has 27 heavy (non-hydrogen) atoms. The number of aromatic nitrogens is 4. The summed E-state index contributed by atoms with van der Waals surface area (Å²) in [6.45, 7) is 11.0. The summed E-state index contributed by atoms with van der Waals surface area (Å²) in [7, 11) is 0. The lowest BCUT2D eigenvalue weighted by molar-refractivity contribution is 0.000438. The number of aromatic amines is 1. The third kappa shape index (κ3) is 3.18. The molecule has 0 aliphatic carbocycles. The highest BCUT2D eigenvalue weighted by Gasteiger charge is 2.47. The van der Waals surface area contributed by atoms with Crippen molar-refractivity contribution < 1.29 is 4.79 Å². The maximum atomic E-state index is 12.9. The van der Waals surface area contributed by atoms with E-state index in [9.17, 15) is 4.79 Å². The van der Waals surface area contributed by atoms with Crippen molar-refractivity contribution in [3.8, 4) is 0 Å². The number of rotatable bonds is 4. The zero-order valence-corrected chi connectivity index (χ0v) is 16.6. The van der Waals surface area contributed by atoms with Gasteiger partial charge < -0.3 is 9.88 Å². The first kappa shape index (κ1) is 18.2. The van der Waals surface area contributed by atoms with Gasteiger partial charge in [0, 0.05) is 51.0 Å². The van der Waals surface area contributed by atoms with Crippen molar-refractivity contribution in [1.29, 1.82) is 0 Å². The molecule has 146 valence electrons. The van der Waals surface area contributed by atoms with Crippen LogP contribution in [0, 0.1) is 5.92 Å². The number of carbonyl (C=O) groups is 1. The molecule has 4 heterocycles. The molecular weight excluding hydrogens is 340 g/mol. The fraction of sp³-hybridized carbons (Fsp3) is 0.650. The van der Waals surface area contributed by atoms with Crippen molar-refractivity contribution in [2.75, 3.05) is 26.2 Å². The average Bonchev–Trinajstić information content (AvgIpc) is 3.33. The number of amides is 1. The summed E-state index contributed by atoms with van der Waals surface area (Å²) in [4.78, 5) is 25.5. The van der Waals surface area contributed by atoms with Crippen LogP contribution in [0.3, 0.4) is 0 Å². The summed E-state index contributed by atoms with van der Waals surface area (Å²) >= 11 is 0. The van der Waals surface area contributed by atoms with E-state index in [2.05, 4.69) is 28.8 Å². The minimum absolute atomic E-state index is 0.0442. The number of piperidine rings is 1. The zero-order valence-electron chi connectivity index (χ0n) is 16.6. The van der Waals surface area contributed by atoms with Crippen molar-refractivity contribution in [2.24, 2.45) is 5.92 Å². The van der Waals surface area contributed by atoms with Crippen LogP contribution in [-0.4, -0.2) is 61.6 Å². The van der Waals surface area contributed by atoms with E-state index in [-0.39, 0.29) is 11.4 Å². The van der Waals surface area contributed by atoms with E-state index in [1.807, 2.05) is 30.4 Å². The Hall–Kier alpha value is -2.15. The second-order valence-corrected chi connectivity index (χ2v) is 8.20. The SMILES string of the molecule is CCn1ccc(C(=O)N2CCC3(CC2)c2nc[nH]c2CCN3CC(C)C)n1. The average molecular weight is 371 g/mol. The van der Waals surface area contributed by atoms with Crippen molar-refractivity contribution in [3.63, 3.8) is 0 Å². The number of hydrogen-bond donors (Lipinski definition) is 1.